The van der Waals surface area contributed by atoms with E-state index in [-0.39, 0.29) is 17.5 Å². The maximum Gasteiger partial charge on any atom is 0.251 e. The number of likely N-dealkylation sites (tertiary alicyclic amines) is 1. The summed E-state index contributed by atoms with van der Waals surface area (Å²) in [5.74, 6) is -0.311. The Labute approximate surface area is 119 Å². The van der Waals surface area contributed by atoms with Crippen LogP contribution in [0.3, 0.4) is 0 Å². The normalized spacial score (nSPS) is 23.6. The first-order valence-corrected chi connectivity index (χ1v) is 6.93. The molecule has 1 aliphatic heterocycles. The summed E-state index contributed by atoms with van der Waals surface area (Å²) in [5.41, 5.74) is 6.70. The number of nitrogen functional groups attached to an aromatic ring is 1. The summed E-state index contributed by atoms with van der Waals surface area (Å²) >= 11 is 0. The molecule has 1 aliphatic rings. The number of piperidine rings is 1. The molecular formula is C15H22FN3O. The summed E-state index contributed by atoms with van der Waals surface area (Å²) in [6, 6.07) is 2.91. The van der Waals surface area contributed by atoms with Gasteiger partial charge in [0, 0.05) is 29.4 Å². The third-order valence-electron chi connectivity index (χ3n) is 4.07. The number of hydrogen-bond acceptors (Lipinski definition) is 3. The molecule has 2 unspecified atom stereocenters. The Balaban J connectivity index is 2.09. The average molecular weight is 279 g/mol. The minimum absolute atomic E-state index is 0.129. The van der Waals surface area contributed by atoms with E-state index in [0.717, 1.165) is 19.5 Å². The van der Waals surface area contributed by atoms with Crippen molar-refractivity contribution in [2.75, 3.05) is 25.9 Å². The molecule has 20 heavy (non-hydrogen) atoms. The van der Waals surface area contributed by atoms with Crippen molar-refractivity contribution in [3.63, 3.8) is 0 Å². The van der Waals surface area contributed by atoms with Crippen molar-refractivity contribution in [3.05, 3.63) is 29.1 Å². The number of rotatable bonds is 2. The van der Waals surface area contributed by atoms with E-state index in [1.807, 2.05) is 0 Å². The van der Waals surface area contributed by atoms with Crippen molar-refractivity contribution in [2.45, 2.75) is 26.3 Å². The molecule has 4 nitrogen and oxygen atoms in total. The summed E-state index contributed by atoms with van der Waals surface area (Å²) in [6.45, 7) is 5.63. The number of carbonyl (C=O) groups is 1. The molecule has 5 heteroatoms. The summed E-state index contributed by atoms with van der Waals surface area (Å²) in [4.78, 5) is 14.5. The van der Waals surface area contributed by atoms with Gasteiger partial charge in [-0.2, -0.15) is 0 Å². The highest BCUT2D eigenvalue weighted by Gasteiger charge is 2.26. The van der Waals surface area contributed by atoms with Gasteiger partial charge >= 0.3 is 0 Å². The zero-order chi connectivity index (χ0) is 14.9. The maximum atomic E-state index is 13.6. The van der Waals surface area contributed by atoms with Gasteiger partial charge < -0.3 is 16.0 Å². The van der Waals surface area contributed by atoms with Crippen LogP contribution in [0.5, 0.6) is 0 Å². The van der Waals surface area contributed by atoms with Crippen molar-refractivity contribution >= 4 is 11.6 Å². The van der Waals surface area contributed by atoms with Crippen molar-refractivity contribution in [3.8, 4) is 0 Å². The molecule has 0 aliphatic carbocycles. The highest BCUT2D eigenvalue weighted by Crippen LogP contribution is 2.19. The van der Waals surface area contributed by atoms with Gasteiger partial charge in [-0.25, -0.2) is 4.39 Å². The van der Waals surface area contributed by atoms with E-state index in [1.54, 1.807) is 6.92 Å². The summed E-state index contributed by atoms with van der Waals surface area (Å²) in [7, 11) is 2.07. The molecule has 1 aromatic carbocycles. The quantitative estimate of drug-likeness (QED) is 0.811. The van der Waals surface area contributed by atoms with E-state index in [9.17, 15) is 9.18 Å². The SMILES string of the molecule is Cc1c(N)cc(C(=O)NC2CCN(C)CC2C)cc1F. The minimum atomic E-state index is -0.438. The number of amides is 1. The van der Waals surface area contributed by atoms with Crippen molar-refractivity contribution in [2.24, 2.45) is 5.92 Å². The first kappa shape index (κ1) is 14.8. The van der Waals surface area contributed by atoms with Crippen LogP contribution in [0.25, 0.3) is 0 Å². The third-order valence-corrected chi connectivity index (χ3v) is 4.07. The van der Waals surface area contributed by atoms with E-state index in [0.29, 0.717) is 17.2 Å². The molecular weight excluding hydrogens is 257 g/mol. The average Bonchev–Trinajstić information content (AvgIpc) is 2.38. The fourth-order valence-electron chi connectivity index (χ4n) is 2.65. The Kier molecular flexibility index (Phi) is 4.28. The molecule has 1 amide bonds. The lowest BCUT2D eigenvalue weighted by Crippen LogP contribution is -2.48. The molecule has 3 N–H and O–H groups in total. The number of carbonyl (C=O) groups excluding carboxylic acids is 1. The van der Waals surface area contributed by atoms with Gasteiger partial charge in [0.25, 0.3) is 5.91 Å². The minimum Gasteiger partial charge on any atom is -0.398 e. The molecule has 0 bridgehead atoms. The monoisotopic (exact) mass is 279 g/mol. The van der Waals surface area contributed by atoms with Crippen LogP contribution < -0.4 is 11.1 Å². The van der Waals surface area contributed by atoms with E-state index < -0.39 is 5.82 Å². The highest BCUT2D eigenvalue weighted by molar-refractivity contribution is 5.95. The Morgan fingerprint density at radius 2 is 2.20 bits per heavy atom. The molecule has 0 spiro atoms. The van der Waals surface area contributed by atoms with Crippen LogP contribution >= 0.6 is 0 Å². The van der Waals surface area contributed by atoms with E-state index in [4.69, 9.17) is 5.73 Å². The van der Waals surface area contributed by atoms with Gasteiger partial charge in [0.1, 0.15) is 5.82 Å². The number of nitrogens with zero attached hydrogens (tertiary/aromatic N) is 1. The van der Waals surface area contributed by atoms with Gasteiger partial charge in [0.2, 0.25) is 0 Å². The van der Waals surface area contributed by atoms with Gasteiger partial charge in [-0.15, -0.1) is 0 Å². The summed E-state index contributed by atoms with van der Waals surface area (Å²) < 4.78 is 13.6. The van der Waals surface area contributed by atoms with Crippen LogP contribution in [0.2, 0.25) is 0 Å². The fraction of sp³-hybridized carbons (Fsp3) is 0.533. The number of halogens is 1. The molecule has 110 valence electrons. The Hall–Kier alpha value is -1.62. The second kappa shape index (κ2) is 5.79. The molecule has 1 aromatic rings. The number of benzene rings is 1. The van der Waals surface area contributed by atoms with Crippen LogP contribution in [-0.4, -0.2) is 37.0 Å². The van der Waals surface area contributed by atoms with Gasteiger partial charge in [0.05, 0.1) is 0 Å². The van der Waals surface area contributed by atoms with Crippen molar-refractivity contribution in [1.82, 2.24) is 10.2 Å². The molecule has 1 saturated heterocycles. The van der Waals surface area contributed by atoms with Crippen molar-refractivity contribution < 1.29 is 9.18 Å². The van der Waals surface area contributed by atoms with Crippen molar-refractivity contribution in [1.29, 1.82) is 0 Å². The first-order valence-electron chi connectivity index (χ1n) is 6.93. The number of nitrogens with one attached hydrogen (secondary N) is 1. The van der Waals surface area contributed by atoms with E-state index in [2.05, 4.69) is 24.2 Å². The Morgan fingerprint density at radius 3 is 2.80 bits per heavy atom. The topological polar surface area (TPSA) is 58.4 Å². The zero-order valence-electron chi connectivity index (χ0n) is 12.2. The molecule has 1 fully saturated rings. The summed E-state index contributed by atoms with van der Waals surface area (Å²) in [5, 5.41) is 2.99. The van der Waals surface area contributed by atoms with Gasteiger partial charge in [-0.05, 0) is 45.0 Å². The van der Waals surface area contributed by atoms with E-state index >= 15 is 0 Å². The fourth-order valence-corrected chi connectivity index (χ4v) is 2.65. The van der Waals surface area contributed by atoms with Crippen LogP contribution in [-0.2, 0) is 0 Å². The number of anilines is 1. The lowest BCUT2D eigenvalue weighted by molar-refractivity contribution is 0.0883. The smallest absolute Gasteiger partial charge is 0.251 e. The number of nitrogens with two attached hydrogens (primary N) is 1. The largest absolute Gasteiger partial charge is 0.398 e. The highest BCUT2D eigenvalue weighted by atomic mass is 19.1. The number of hydrogen-bond donors (Lipinski definition) is 2. The predicted octanol–water partition coefficient (Wildman–Crippen LogP) is 1.79. The molecule has 0 saturated carbocycles. The Morgan fingerprint density at radius 1 is 1.50 bits per heavy atom. The lowest BCUT2D eigenvalue weighted by atomic mass is 9.94. The van der Waals surface area contributed by atoms with Gasteiger partial charge in [-0.1, -0.05) is 6.92 Å². The summed E-state index contributed by atoms with van der Waals surface area (Å²) in [6.07, 6.45) is 0.910. The first-order chi connectivity index (χ1) is 9.38. The van der Waals surface area contributed by atoms with Crippen LogP contribution in [0.15, 0.2) is 12.1 Å². The van der Waals surface area contributed by atoms with Gasteiger partial charge in [0.15, 0.2) is 0 Å². The molecule has 1 heterocycles. The second-order valence-electron chi connectivity index (χ2n) is 5.78. The van der Waals surface area contributed by atoms with Crippen LogP contribution in [0, 0.1) is 18.7 Å². The maximum absolute atomic E-state index is 13.6. The van der Waals surface area contributed by atoms with Crippen LogP contribution in [0.4, 0.5) is 10.1 Å². The standard InChI is InChI=1S/C15H22FN3O/c1-9-8-19(3)5-4-14(9)18-15(20)11-6-12(16)10(2)13(17)7-11/h6-7,9,14H,4-5,8,17H2,1-3H3,(H,18,20). The van der Waals surface area contributed by atoms with Crippen LogP contribution in [0.1, 0.15) is 29.3 Å². The predicted molar refractivity (Wildman–Crippen MR) is 78.1 cm³/mol. The van der Waals surface area contributed by atoms with E-state index in [1.165, 1.54) is 12.1 Å². The molecule has 2 atom stereocenters. The van der Waals surface area contributed by atoms with Gasteiger partial charge in [-0.3, -0.25) is 4.79 Å². The lowest BCUT2D eigenvalue weighted by Gasteiger charge is -2.35. The molecule has 2 rings (SSSR count). The molecule has 0 aromatic heterocycles. The Bertz CT molecular complexity index is 495. The zero-order valence-corrected chi connectivity index (χ0v) is 12.2. The second-order valence-corrected chi connectivity index (χ2v) is 5.78. The molecule has 0 radical (unpaired) electrons. The third kappa shape index (κ3) is 3.10.